The number of benzene rings is 4. The van der Waals surface area contributed by atoms with Gasteiger partial charge in [-0.05, 0) is 66.6 Å². The minimum atomic E-state index is -3.69. The van der Waals surface area contributed by atoms with E-state index in [1.54, 1.807) is 37.4 Å². The standard InChI is InChI=1S/C33H35NO8S/c1-23-5-7-24(8-6-23)22-41-27-11-9-25(10-12-27)33(30-18-15-28(39-3)21-31(30)40-4)42-34-32(35)19-20-43(36,37)29-16-13-26(38-2)14-17-29/h5-18,21,33H,19-20,22H2,1-4H3,(H,34,35). The van der Waals surface area contributed by atoms with Gasteiger partial charge in [0.15, 0.2) is 9.84 Å². The fourth-order valence-electron chi connectivity index (χ4n) is 4.24. The normalized spacial score (nSPS) is 11.8. The van der Waals surface area contributed by atoms with E-state index in [9.17, 15) is 13.2 Å². The Hall–Kier alpha value is -4.54. The number of ether oxygens (including phenoxy) is 4. The summed E-state index contributed by atoms with van der Waals surface area (Å²) in [6, 6.07) is 26.7. The van der Waals surface area contributed by atoms with Crippen molar-refractivity contribution in [1.29, 1.82) is 0 Å². The van der Waals surface area contributed by atoms with Crippen molar-refractivity contribution >= 4 is 15.7 Å². The highest BCUT2D eigenvalue weighted by molar-refractivity contribution is 7.91. The summed E-state index contributed by atoms with van der Waals surface area (Å²) in [4.78, 5) is 18.8. The maximum absolute atomic E-state index is 12.7. The van der Waals surface area contributed by atoms with Crippen LogP contribution >= 0.6 is 0 Å². The maximum Gasteiger partial charge on any atom is 0.244 e. The molecule has 0 spiro atoms. The Labute approximate surface area is 252 Å². The molecule has 4 aromatic carbocycles. The number of hydrogen-bond donors (Lipinski definition) is 1. The summed E-state index contributed by atoms with van der Waals surface area (Å²) in [5, 5.41) is 0. The lowest BCUT2D eigenvalue weighted by Crippen LogP contribution is -2.28. The van der Waals surface area contributed by atoms with Gasteiger partial charge in [0.25, 0.3) is 0 Å². The molecule has 0 aliphatic carbocycles. The molecule has 1 amide bonds. The first kappa shape index (κ1) is 31.4. The van der Waals surface area contributed by atoms with Gasteiger partial charge in [-0.1, -0.05) is 42.0 Å². The number of carbonyl (C=O) groups is 1. The monoisotopic (exact) mass is 605 g/mol. The van der Waals surface area contributed by atoms with Crippen LogP contribution in [-0.2, 0) is 26.1 Å². The van der Waals surface area contributed by atoms with Gasteiger partial charge in [0.2, 0.25) is 5.91 Å². The molecule has 0 saturated carbocycles. The molecule has 226 valence electrons. The van der Waals surface area contributed by atoms with Crippen LogP contribution in [0.5, 0.6) is 23.0 Å². The number of methoxy groups -OCH3 is 3. The summed E-state index contributed by atoms with van der Waals surface area (Å²) >= 11 is 0. The molecule has 9 nitrogen and oxygen atoms in total. The number of hydroxylamine groups is 1. The lowest BCUT2D eigenvalue weighted by Gasteiger charge is -2.21. The minimum absolute atomic E-state index is 0.104. The Balaban J connectivity index is 1.47. The SMILES string of the molecule is COc1ccc(S(=O)(=O)CCC(=O)NOC(c2ccc(OCc3ccc(C)cc3)cc2)c2ccc(OC)cc2OC)cc1. The average Bonchev–Trinajstić information content (AvgIpc) is 3.04. The van der Waals surface area contributed by atoms with Crippen molar-refractivity contribution in [1.82, 2.24) is 5.48 Å². The molecule has 0 aromatic heterocycles. The van der Waals surface area contributed by atoms with Crippen LogP contribution in [0.2, 0.25) is 0 Å². The van der Waals surface area contributed by atoms with Crippen LogP contribution < -0.4 is 24.4 Å². The number of nitrogens with one attached hydrogen (secondary N) is 1. The lowest BCUT2D eigenvalue weighted by atomic mass is 10.00. The minimum Gasteiger partial charge on any atom is -0.497 e. The van der Waals surface area contributed by atoms with E-state index in [1.165, 1.54) is 31.9 Å². The third-order valence-electron chi connectivity index (χ3n) is 6.74. The molecular weight excluding hydrogens is 570 g/mol. The molecule has 0 fully saturated rings. The Kier molecular flexibility index (Phi) is 10.6. The van der Waals surface area contributed by atoms with Gasteiger partial charge in [0, 0.05) is 18.1 Å². The zero-order chi connectivity index (χ0) is 30.8. The van der Waals surface area contributed by atoms with Crippen LogP contribution in [0.3, 0.4) is 0 Å². The number of rotatable bonds is 14. The fraction of sp³-hybridized carbons (Fsp3) is 0.242. The second-order valence-electron chi connectivity index (χ2n) is 9.72. The van der Waals surface area contributed by atoms with Crippen molar-refractivity contribution in [3.8, 4) is 23.0 Å². The first-order valence-electron chi connectivity index (χ1n) is 13.5. The van der Waals surface area contributed by atoms with Crippen molar-refractivity contribution in [2.24, 2.45) is 0 Å². The largest absolute Gasteiger partial charge is 0.497 e. The Bertz CT molecular complexity index is 1600. The van der Waals surface area contributed by atoms with Crippen molar-refractivity contribution in [2.75, 3.05) is 27.1 Å². The van der Waals surface area contributed by atoms with Crippen LogP contribution in [0.4, 0.5) is 0 Å². The number of carbonyl (C=O) groups excluding carboxylic acids is 1. The number of amides is 1. The molecule has 0 radical (unpaired) electrons. The molecule has 4 rings (SSSR count). The zero-order valence-electron chi connectivity index (χ0n) is 24.5. The second kappa shape index (κ2) is 14.6. The molecule has 0 heterocycles. The highest BCUT2D eigenvalue weighted by Gasteiger charge is 2.23. The Morgan fingerprint density at radius 1 is 0.767 bits per heavy atom. The van der Waals surface area contributed by atoms with Gasteiger partial charge in [0.1, 0.15) is 35.7 Å². The Morgan fingerprint density at radius 3 is 2.02 bits per heavy atom. The van der Waals surface area contributed by atoms with Crippen molar-refractivity contribution in [3.05, 3.63) is 113 Å². The van der Waals surface area contributed by atoms with E-state index in [4.69, 9.17) is 23.8 Å². The van der Waals surface area contributed by atoms with Crippen molar-refractivity contribution in [3.63, 3.8) is 0 Å². The van der Waals surface area contributed by atoms with Crippen LogP contribution in [0.15, 0.2) is 95.9 Å². The predicted octanol–water partition coefficient (Wildman–Crippen LogP) is 5.60. The number of hydrogen-bond acceptors (Lipinski definition) is 8. The molecular formula is C33H35NO8S. The molecule has 0 aliphatic rings. The van der Waals surface area contributed by atoms with Crippen LogP contribution in [0.1, 0.15) is 34.8 Å². The van der Waals surface area contributed by atoms with E-state index >= 15 is 0 Å². The molecule has 0 bridgehead atoms. The Morgan fingerprint density at radius 2 is 1.40 bits per heavy atom. The van der Waals surface area contributed by atoms with Gasteiger partial charge < -0.3 is 18.9 Å². The molecule has 0 saturated heterocycles. The van der Waals surface area contributed by atoms with E-state index in [0.717, 1.165) is 5.56 Å². The van der Waals surface area contributed by atoms with Crippen molar-refractivity contribution < 1.29 is 37.0 Å². The van der Waals surface area contributed by atoms with Gasteiger partial charge in [-0.2, -0.15) is 0 Å². The van der Waals surface area contributed by atoms with Gasteiger partial charge in [-0.15, -0.1) is 0 Å². The second-order valence-corrected chi connectivity index (χ2v) is 11.8. The highest BCUT2D eigenvalue weighted by atomic mass is 32.2. The van der Waals surface area contributed by atoms with Gasteiger partial charge >= 0.3 is 0 Å². The molecule has 4 aromatic rings. The van der Waals surface area contributed by atoms with Gasteiger partial charge in [-0.3, -0.25) is 9.63 Å². The summed E-state index contributed by atoms with van der Waals surface area (Å²) < 4.78 is 47.4. The number of aryl methyl sites for hydroxylation is 1. The summed E-state index contributed by atoms with van der Waals surface area (Å²) in [6.07, 6.45) is -1.08. The van der Waals surface area contributed by atoms with Gasteiger partial charge in [0.05, 0.1) is 32.0 Å². The van der Waals surface area contributed by atoms with E-state index in [0.29, 0.717) is 40.7 Å². The number of sulfone groups is 1. The zero-order valence-corrected chi connectivity index (χ0v) is 25.3. The van der Waals surface area contributed by atoms with Crippen LogP contribution in [0.25, 0.3) is 0 Å². The van der Waals surface area contributed by atoms with Gasteiger partial charge in [-0.25, -0.2) is 13.9 Å². The lowest BCUT2D eigenvalue weighted by molar-refractivity contribution is -0.136. The quantitative estimate of drug-likeness (QED) is 0.185. The highest BCUT2D eigenvalue weighted by Crippen LogP contribution is 2.35. The molecule has 0 aliphatic heterocycles. The summed E-state index contributed by atoms with van der Waals surface area (Å²) in [7, 11) is 0.885. The summed E-state index contributed by atoms with van der Waals surface area (Å²) in [6.45, 7) is 2.45. The molecule has 1 N–H and O–H groups in total. The first-order valence-corrected chi connectivity index (χ1v) is 15.2. The van der Waals surface area contributed by atoms with Crippen LogP contribution in [-0.4, -0.2) is 41.4 Å². The smallest absolute Gasteiger partial charge is 0.244 e. The molecule has 1 atom stereocenters. The average molecular weight is 606 g/mol. The van der Waals surface area contributed by atoms with Crippen LogP contribution in [0, 0.1) is 6.92 Å². The third kappa shape index (κ3) is 8.50. The third-order valence-corrected chi connectivity index (χ3v) is 8.47. The topological polar surface area (TPSA) is 109 Å². The summed E-state index contributed by atoms with van der Waals surface area (Å²) in [5.74, 6) is 1.30. The van der Waals surface area contributed by atoms with E-state index in [1.807, 2.05) is 55.5 Å². The molecule has 10 heteroatoms. The van der Waals surface area contributed by atoms with E-state index < -0.39 is 27.6 Å². The van der Waals surface area contributed by atoms with E-state index in [-0.39, 0.29) is 11.3 Å². The maximum atomic E-state index is 12.7. The molecule has 43 heavy (non-hydrogen) atoms. The van der Waals surface area contributed by atoms with E-state index in [2.05, 4.69) is 5.48 Å². The first-order chi connectivity index (χ1) is 20.7. The van der Waals surface area contributed by atoms with Crippen molar-refractivity contribution in [2.45, 2.75) is 31.0 Å². The predicted molar refractivity (Wildman–Crippen MR) is 162 cm³/mol. The summed E-state index contributed by atoms with van der Waals surface area (Å²) in [5.41, 5.74) is 5.99. The fourth-order valence-corrected chi connectivity index (χ4v) is 5.48. The molecule has 1 unspecified atom stereocenters.